The largest absolute Gasteiger partial charge is 0.393 e. The molecule has 0 aromatic heterocycles. The van der Waals surface area contributed by atoms with Crippen molar-refractivity contribution in [3.05, 3.63) is 0 Å². The van der Waals surface area contributed by atoms with Gasteiger partial charge in [-0.1, -0.05) is 13.3 Å². The summed E-state index contributed by atoms with van der Waals surface area (Å²) in [5.74, 6) is 1.16. The van der Waals surface area contributed by atoms with Crippen molar-refractivity contribution >= 4 is 17.8 Å². The molecular formula is C15H28N2O2S. The second-order valence-electron chi connectivity index (χ2n) is 6.06. The van der Waals surface area contributed by atoms with Crippen molar-refractivity contribution in [3.63, 3.8) is 0 Å². The molecule has 2 rings (SSSR count). The van der Waals surface area contributed by atoms with Gasteiger partial charge < -0.3 is 15.7 Å². The lowest BCUT2D eigenvalue weighted by Gasteiger charge is -2.31. The van der Waals surface area contributed by atoms with Gasteiger partial charge in [0.05, 0.1) is 6.10 Å². The van der Waals surface area contributed by atoms with E-state index in [1.165, 1.54) is 12.8 Å². The molecule has 0 aromatic carbocycles. The van der Waals surface area contributed by atoms with Gasteiger partial charge in [0.2, 0.25) is 0 Å². The zero-order valence-electron chi connectivity index (χ0n) is 12.4. The minimum absolute atomic E-state index is 0.0152. The zero-order valence-corrected chi connectivity index (χ0v) is 13.3. The Labute approximate surface area is 126 Å². The molecule has 0 radical (unpaired) electrons. The van der Waals surface area contributed by atoms with Crippen LogP contribution in [0.2, 0.25) is 0 Å². The Morgan fingerprint density at radius 3 is 2.50 bits per heavy atom. The highest BCUT2D eigenvalue weighted by atomic mass is 32.2. The van der Waals surface area contributed by atoms with E-state index in [-0.39, 0.29) is 18.2 Å². The van der Waals surface area contributed by atoms with E-state index >= 15 is 0 Å². The number of nitrogens with one attached hydrogen (secondary N) is 2. The summed E-state index contributed by atoms with van der Waals surface area (Å²) in [6, 6.07) is 0.559. The molecular weight excluding hydrogens is 272 g/mol. The molecule has 2 atom stereocenters. The maximum absolute atomic E-state index is 12.0. The highest BCUT2D eigenvalue weighted by molar-refractivity contribution is 7.99. The number of hydrogen-bond donors (Lipinski definition) is 3. The molecule has 20 heavy (non-hydrogen) atoms. The maximum atomic E-state index is 12.0. The van der Waals surface area contributed by atoms with Gasteiger partial charge >= 0.3 is 6.03 Å². The first-order valence-corrected chi connectivity index (χ1v) is 9.09. The quantitative estimate of drug-likeness (QED) is 0.748. The summed E-state index contributed by atoms with van der Waals surface area (Å²) < 4.78 is 0. The Morgan fingerprint density at radius 2 is 1.80 bits per heavy atom. The first kappa shape index (κ1) is 16.0. The number of carbonyl (C=O) groups is 1. The van der Waals surface area contributed by atoms with Gasteiger partial charge in [-0.3, -0.25) is 0 Å². The molecule has 5 heteroatoms. The van der Waals surface area contributed by atoms with E-state index in [0.717, 1.165) is 44.3 Å². The van der Waals surface area contributed by atoms with Gasteiger partial charge in [-0.2, -0.15) is 11.8 Å². The Balaban J connectivity index is 1.68. The van der Waals surface area contributed by atoms with Crippen LogP contribution >= 0.6 is 11.8 Å². The zero-order chi connectivity index (χ0) is 14.4. The molecule has 2 amide bonds. The van der Waals surface area contributed by atoms with E-state index in [1.807, 2.05) is 11.8 Å². The molecule has 0 aliphatic heterocycles. The van der Waals surface area contributed by atoms with Crippen molar-refractivity contribution in [2.75, 3.05) is 5.75 Å². The van der Waals surface area contributed by atoms with Crippen LogP contribution < -0.4 is 10.6 Å². The lowest BCUT2D eigenvalue weighted by atomic mass is 9.93. The second-order valence-corrected chi connectivity index (χ2v) is 7.64. The number of thioether (sulfide) groups is 1. The number of hydrogen-bond acceptors (Lipinski definition) is 3. The fraction of sp³-hybridized carbons (Fsp3) is 0.933. The van der Waals surface area contributed by atoms with Crippen molar-refractivity contribution in [3.8, 4) is 0 Å². The third kappa shape index (κ3) is 5.17. The maximum Gasteiger partial charge on any atom is 0.315 e. The van der Waals surface area contributed by atoms with Crippen molar-refractivity contribution in [2.24, 2.45) is 0 Å². The summed E-state index contributed by atoms with van der Waals surface area (Å²) in [4.78, 5) is 12.0. The van der Waals surface area contributed by atoms with Gasteiger partial charge in [-0.15, -0.1) is 0 Å². The molecule has 2 fully saturated rings. The Bertz CT molecular complexity index is 304. The van der Waals surface area contributed by atoms with Crippen LogP contribution in [0.4, 0.5) is 4.79 Å². The highest BCUT2D eigenvalue weighted by Crippen LogP contribution is 2.28. The third-order valence-electron chi connectivity index (χ3n) is 4.40. The number of carbonyl (C=O) groups excluding carboxylic acids is 1. The van der Waals surface area contributed by atoms with Crippen LogP contribution in [0.3, 0.4) is 0 Å². The van der Waals surface area contributed by atoms with Gasteiger partial charge in [0, 0.05) is 17.3 Å². The Morgan fingerprint density at radius 1 is 1.10 bits per heavy atom. The number of amides is 2. The van der Waals surface area contributed by atoms with Crippen LogP contribution in [0, 0.1) is 0 Å². The smallest absolute Gasteiger partial charge is 0.315 e. The topological polar surface area (TPSA) is 61.4 Å². The molecule has 2 aliphatic carbocycles. The van der Waals surface area contributed by atoms with Crippen molar-refractivity contribution in [1.29, 1.82) is 0 Å². The van der Waals surface area contributed by atoms with Crippen LogP contribution in [-0.2, 0) is 0 Å². The van der Waals surface area contributed by atoms with Crippen molar-refractivity contribution in [2.45, 2.75) is 81.7 Å². The van der Waals surface area contributed by atoms with Crippen LogP contribution in [0.5, 0.6) is 0 Å². The van der Waals surface area contributed by atoms with Gasteiger partial charge in [-0.25, -0.2) is 4.79 Å². The predicted octanol–water partition coefficient (Wildman–Crippen LogP) is 2.65. The van der Waals surface area contributed by atoms with Gasteiger partial charge in [0.25, 0.3) is 0 Å². The first-order chi connectivity index (χ1) is 9.67. The molecule has 2 aliphatic rings. The lowest BCUT2D eigenvalue weighted by molar-refractivity contribution is 0.117. The minimum Gasteiger partial charge on any atom is -0.393 e. The standard InChI is InChI=1S/C15H28N2O2S/c1-2-20-14-5-3-4-12(10-14)17-15(19)16-11-6-8-13(18)9-7-11/h11-14,18H,2-10H2,1H3,(H2,16,17,19)/t11?,12-,13?,14+/m1/s1. The Kier molecular flexibility index (Phi) is 6.49. The van der Waals surface area contributed by atoms with Gasteiger partial charge in [0.15, 0.2) is 0 Å². The van der Waals surface area contributed by atoms with Gasteiger partial charge in [0.1, 0.15) is 0 Å². The summed E-state index contributed by atoms with van der Waals surface area (Å²) >= 11 is 2.02. The molecule has 116 valence electrons. The lowest BCUT2D eigenvalue weighted by Crippen LogP contribution is -2.48. The third-order valence-corrected chi connectivity index (χ3v) is 5.63. The van der Waals surface area contributed by atoms with E-state index in [4.69, 9.17) is 0 Å². The molecule has 0 aromatic rings. The summed E-state index contributed by atoms with van der Waals surface area (Å²) in [5.41, 5.74) is 0. The molecule has 0 unspecified atom stereocenters. The first-order valence-electron chi connectivity index (χ1n) is 8.04. The number of rotatable bonds is 4. The minimum atomic E-state index is -0.165. The Hall–Kier alpha value is -0.420. The predicted molar refractivity (Wildman–Crippen MR) is 84.1 cm³/mol. The van der Waals surface area contributed by atoms with E-state index in [2.05, 4.69) is 17.6 Å². The van der Waals surface area contributed by atoms with Crippen LogP contribution in [0.1, 0.15) is 58.3 Å². The van der Waals surface area contributed by atoms with Crippen molar-refractivity contribution < 1.29 is 9.90 Å². The molecule has 2 saturated carbocycles. The summed E-state index contributed by atoms with van der Waals surface area (Å²) in [6.45, 7) is 2.20. The second kappa shape index (κ2) is 8.13. The SMILES string of the molecule is CCS[C@H]1CCC[C@@H](NC(=O)NC2CCC(O)CC2)C1. The van der Waals surface area contributed by atoms with Crippen LogP contribution in [0.25, 0.3) is 0 Å². The monoisotopic (exact) mass is 300 g/mol. The summed E-state index contributed by atoms with van der Waals surface area (Å²) in [7, 11) is 0. The molecule has 4 nitrogen and oxygen atoms in total. The summed E-state index contributed by atoms with van der Waals surface area (Å²) in [6.07, 6.45) is 7.97. The van der Waals surface area contributed by atoms with E-state index < -0.39 is 0 Å². The molecule has 0 heterocycles. The van der Waals surface area contributed by atoms with E-state index in [1.54, 1.807) is 0 Å². The average molecular weight is 300 g/mol. The molecule has 0 spiro atoms. The molecule has 0 bridgehead atoms. The number of urea groups is 1. The fourth-order valence-electron chi connectivity index (χ4n) is 3.30. The fourth-order valence-corrected chi connectivity index (χ4v) is 4.47. The highest BCUT2D eigenvalue weighted by Gasteiger charge is 2.25. The van der Waals surface area contributed by atoms with Crippen molar-refractivity contribution in [1.82, 2.24) is 10.6 Å². The normalized spacial score (nSPS) is 34.5. The van der Waals surface area contributed by atoms with Gasteiger partial charge in [-0.05, 0) is 50.7 Å². The van der Waals surface area contributed by atoms with E-state index in [9.17, 15) is 9.90 Å². The van der Waals surface area contributed by atoms with Crippen LogP contribution in [0.15, 0.2) is 0 Å². The van der Waals surface area contributed by atoms with Crippen LogP contribution in [-0.4, -0.2) is 40.3 Å². The number of aliphatic hydroxyl groups is 1. The molecule has 3 N–H and O–H groups in total. The summed E-state index contributed by atoms with van der Waals surface area (Å²) in [5, 5.41) is 16.4. The number of aliphatic hydroxyl groups excluding tert-OH is 1. The van der Waals surface area contributed by atoms with E-state index in [0.29, 0.717) is 11.3 Å². The molecule has 0 saturated heterocycles. The average Bonchev–Trinajstić information content (AvgIpc) is 2.42.